The number of aliphatic imine (C=N–C) groups is 2. The van der Waals surface area contributed by atoms with Crippen LogP contribution in [0.1, 0.15) is 46.6 Å². The molecule has 2 atom stereocenters. The molecule has 1 aromatic carbocycles. The average Bonchev–Trinajstić information content (AvgIpc) is 3.31. The summed E-state index contributed by atoms with van der Waals surface area (Å²) in [6.07, 6.45) is 0.199. The Morgan fingerprint density at radius 1 is 1.04 bits per heavy atom. The number of esters is 1. The van der Waals surface area contributed by atoms with Gasteiger partial charge < -0.3 is 14.2 Å². The minimum Gasteiger partial charge on any atom is -0.478 e. The second kappa shape index (κ2) is 7.94. The molecule has 28 heavy (non-hydrogen) atoms. The van der Waals surface area contributed by atoms with Crippen molar-refractivity contribution in [2.24, 2.45) is 20.8 Å². The molecule has 0 spiro atoms. The summed E-state index contributed by atoms with van der Waals surface area (Å²) >= 11 is 0. The maximum absolute atomic E-state index is 12.1. The highest BCUT2D eigenvalue weighted by atomic mass is 16.5. The molecule has 6 nitrogen and oxygen atoms in total. The predicted molar refractivity (Wildman–Crippen MR) is 108 cm³/mol. The van der Waals surface area contributed by atoms with E-state index in [1.165, 1.54) is 0 Å². The molecule has 0 fully saturated rings. The first-order valence-electron chi connectivity index (χ1n) is 9.78. The lowest BCUT2D eigenvalue weighted by atomic mass is 9.88. The van der Waals surface area contributed by atoms with Gasteiger partial charge in [0.05, 0.1) is 18.5 Å². The van der Waals surface area contributed by atoms with Crippen LogP contribution in [0.2, 0.25) is 0 Å². The van der Waals surface area contributed by atoms with Crippen LogP contribution in [0.4, 0.5) is 0 Å². The molecule has 0 saturated carbocycles. The Morgan fingerprint density at radius 2 is 1.68 bits per heavy atom. The van der Waals surface area contributed by atoms with Crippen LogP contribution in [0.25, 0.3) is 0 Å². The molecule has 0 N–H and O–H groups in total. The zero-order chi connectivity index (χ0) is 20.4. The Morgan fingerprint density at radius 3 is 2.32 bits per heavy atom. The number of benzene rings is 1. The van der Waals surface area contributed by atoms with Crippen LogP contribution in [0.3, 0.4) is 0 Å². The van der Waals surface area contributed by atoms with Gasteiger partial charge in [0.2, 0.25) is 0 Å². The summed E-state index contributed by atoms with van der Waals surface area (Å²) in [5.41, 5.74) is 0.456. The fourth-order valence-electron chi connectivity index (χ4n) is 3.10. The van der Waals surface area contributed by atoms with Gasteiger partial charge in [-0.25, -0.2) is 9.98 Å². The molecule has 0 radical (unpaired) electrons. The molecule has 2 heterocycles. The fraction of sp³-hybridized carbons (Fsp3) is 0.591. The van der Waals surface area contributed by atoms with E-state index in [0.29, 0.717) is 25.0 Å². The molecular weight excluding hydrogens is 356 g/mol. The van der Waals surface area contributed by atoms with Crippen LogP contribution in [-0.4, -0.2) is 43.1 Å². The van der Waals surface area contributed by atoms with E-state index >= 15 is 0 Å². The van der Waals surface area contributed by atoms with Gasteiger partial charge in [-0.2, -0.15) is 0 Å². The van der Waals surface area contributed by atoms with Crippen molar-refractivity contribution < 1.29 is 19.0 Å². The largest absolute Gasteiger partial charge is 0.478 e. The monoisotopic (exact) mass is 386 g/mol. The van der Waals surface area contributed by atoms with Gasteiger partial charge in [0.15, 0.2) is 11.8 Å². The van der Waals surface area contributed by atoms with Gasteiger partial charge in [0.25, 0.3) is 0 Å². The number of hydrogen-bond acceptors (Lipinski definition) is 6. The maximum atomic E-state index is 12.1. The summed E-state index contributed by atoms with van der Waals surface area (Å²) in [6.45, 7) is 11.7. The van der Waals surface area contributed by atoms with E-state index in [9.17, 15) is 4.79 Å². The molecule has 6 heteroatoms. The van der Waals surface area contributed by atoms with Gasteiger partial charge in [0.1, 0.15) is 25.2 Å². The molecule has 1 aromatic rings. The first-order valence-corrected chi connectivity index (χ1v) is 9.78. The Labute approximate surface area is 167 Å². The Kier molecular flexibility index (Phi) is 5.77. The summed E-state index contributed by atoms with van der Waals surface area (Å²) in [7, 11) is 0. The number of hydrogen-bond donors (Lipinski definition) is 0. The van der Waals surface area contributed by atoms with Crippen molar-refractivity contribution in [3.8, 4) is 0 Å². The molecule has 0 aromatic heterocycles. The molecular formula is C22H30N2O4. The van der Waals surface area contributed by atoms with Crippen LogP contribution in [0.15, 0.2) is 40.3 Å². The first-order chi connectivity index (χ1) is 13.2. The maximum Gasteiger partial charge on any atom is 0.308 e. The van der Waals surface area contributed by atoms with Gasteiger partial charge in [-0.3, -0.25) is 4.79 Å². The van der Waals surface area contributed by atoms with Gasteiger partial charge in [-0.05, 0) is 24.8 Å². The van der Waals surface area contributed by atoms with E-state index in [2.05, 4.69) is 25.8 Å². The molecule has 0 bridgehead atoms. The number of rotatable bonds is 6. The van der Waals surface area contributed by atoms with Crippen LogP contribution in [0.5, 0.6) is 0 Å². The lowest BCUT2D eigenvalue weighted by molar-refractivity contribution is -0.145. The van der Waals surface area contributed by atoms with Gasteiger partial charge in [-0.1, -0.05) is 51.1 Å². The zero-order valence-corrected chi connectivity index (χ0v) is 17.4. The van der Waals surface area contributed by atoms with Crippen LogP contribution in [-0.2, 0) is 25.6 Å². The minimum atomic E-state index is -0.553. The number of carbonyl (C=O) groups is 1. The van der Waals surface area contributed by atoms with Crippen molar-refractivity contribution in [2.75, 3.05) is 13.2 Å². The van der Waals surface area contributed by atoms with E-state index in [1.54, 1.807) is 0 Å². The van der Waals surface area contributed by atoms with Crippen molar-refractivity contribution in [2.45, 2.75) is 59.7 Å². The molecule has 0 unspecified atom stereocenters. The highest BCUT2D eigenvalue weighted by Crippen LogP contribution is 2.33. The summed E-state index contributed by atoms with van der Waals surface area (Å²) in [6, 6.07) is 9.51. The summed E-state index contributed by atoms with van der Waals surface area (Å²) in [5, 5.41) is 0. The fourth-order valence-corrected chi connectivity index (χ4v) is 3.10. The van der Waals surface area contributed by atoms with Crippen molar-refractivity contribution in [3.05, 3.63) is 35.9 Å². The third kappa shape index (κ3) is 4.72. The van der Waals surface area contributed by atoms with Gasteiger partial charge in [0, 0.05) is 0 Å². The van der Waals surface area contributed by atoms with Gasteiger partial charge >= 0.3 is 5.97 Å². The standard InChI is InChI=1S/C22H30N2O4/c1-21(2,3)17-14-28-20(24-17)22(4,5)19-23-16(13-27-19)11-18(25)26-12-15-9-7-6-8-10-15/h6-10,16-17H,11-14H2,1-5H3/t16-,17+/m0/s1. The highest BCUT2D eigenvalue weighted by Gasteiger charge is 2.43. The third-order valence-electron chi connectivity index (χ3n) is 5.08. The van der Waals surface area contributed by atoms with E-state index in [0.717, 1.165) is 5.56 Å². The molecule has 2 aliphatic heterocycles. The van der Waals surface area contributed by atoms with Crippen molar-refractivity contribution in [3.63, 3.8) is 0 Å². The minimum absolute atomic E-state index is 0.0429. The Bertz CT molecular complexity index is 762. The van der Waals surface area contributed by atoms with E-state index in [-0.39, 0.29) is 36.5 Å². The van der Waals surface area contributed by atoms with Crippen LogP contribution in [0, 0.1) is 10.8 Å². The first kappa shape index (κ1) is 20.4. The summed E-state index contributed by atoms with van der Waals surface area (Å²) < 4.78 is 17.0. The lowest BCUT2D eigenvalue weighted by Crippen LogP contribution is -2.34. The number of ether oxygens (including phenoxy) is 3. The SMILES string of the molecule is CC(C)(C1=N[C@@H](CC(=O)OCc2ccccc2)CO1)C1=N[C@@H](C(C)(C)C)CO1. The predicted octanol–water partition coefficient (Wildman–Crippen LogP) is 3.79. The molecule has 0 aliphatic carbocycles. The molecule has 0 saturated heterocycles. The van der Waals surface area contributed by atoms with Gasteiger partial charge in [-0.15, -0.1) is 0 Å². The van der Waals surface area contributed by atoms with Crippen molar-refractivity contribution in [1.29, 1.82) is 0 Å². The van der Waals surface area contributed by atoms with E-state index < -0.39 is 5.41 Å². The number of nitrogens with zero attached hydrogens (tertiary/aromatic N) is 2. The van der Waals surface area contributed by atoms with Crippen molar-refractivity contribution >= 4 is 17.8 Å². The normalized spacial score (nSPS) is 22.2. The van der Waals surface area contributed by atoms with E-state index in [4.69, 9.17) is 19.2 Å². The van der Waals surface area contributed by atoms with E-state index in [1.807, 2.05) is 44.2 Å². The molecule has 0 amide bonds. The zero-order valence-electron chi connectivity index (χ0n) is 17.4. The second-order valence-corrected chi connectivity index (χ2v) is 9.00. The second-order valence-electron chi connectivity index (χ2n) is 9.00. The topological polar surface area (TPSA) is 69.5 Å². The Hall–Kier alpha value is -2.37. The smallest absolute Gasteiger partial charge is 0.308 e. The van der Waals surface area contributed by atoms with Crippen LogP contribution < -0.4 is 0 Å². The van der Waals surface area contributed by atoms with Crippen molar-refractivity contribution in [1.82, 2.24) is 0 Å². The highest BCUT2D eigenvalue weighted by molar-refractivity contribution is 6.05. The summed E-state index contributed by atoms with van der Waals surface area (Å²) in [5.74, 6) is 0.947. The average molecular weight is 386 g/mol. The summed E-state index contributed by atoms with van der Waals surface area (Å²) in [4.78, 5) is 21.5. The Balaban J connectivity index is 1.57. The lowest BCUT2D eigenvalue weighted by Gasteiger charge is -2.23. The molecule has 3 rings (SSSR count). The quantitative estimate of drug-likeness (QED) is 0.698. The molecule has 152 valence electrons. The number of carbonyl (C=O) groups excluding carboxylic acids is 1. The molecule has 2 aliphatic rings. The third-order valence-corrected chi connectivity index (χ3v) is 5.08. The van der Waals surface area contributed by atoms with Crippen LogP contribution >= 0.6 is 0 Å².